The van der Waals surface area contributed by atoms with Crippen LogP contribution in [0.3, 0.4) is 0 Å². The number of halogens is 1. The molecule has 1 aliphatic rings. The highest BCUT2D eigenvalue weighted by atomic mass is 19.1. The molecule has 1 fully saturated rings. The third kappa shape index (κ3) is 3.33. The molecule has 0 spiro atoms. The lowest BCUT2D eigenvalue weighted by atomic mass is 9.88. The summed E-state index contributed by atoms with van der Waals surface area (Å²) in [6, 6.07) is 9.01. The average molecular weight is 260 g/mol. The van der Waals surface area contributed by atoms with Gasteiger partial charge in [-0.25, -0.2) is 4.39 Å². The van der Waals surface area contributed by atoms with Crippen LogP contribution in [-0.4, -0.2) is 23.5 Å². The van der Waals surface area contributed by atoms with E-state index in [9.17, 15) is 9.65 Å². The second-order valence-electron chi connectivity index (χ2n) is 5.86. The number of benzene rings is 1. The van der Waals surface area contributed by atoms with Crippen LogP contribution in [0.15, 0.2) is 24.3 Å². The number of nitrogens with zero attached hydrogens (tertiary/aromatic N) is 2. The summed E-state index contributed by atoms with van der Waals surface area (Å²) in [6.07, 6.45) is 2.86. The van der Waals surface area contributed by atoms with Gasteiger partial charge < -0.3 is 0 Å². The molecule has 1 atom stereocenters. The molecule has 0 saturated carbocycles. The van der Waals surface area contributed by atoms with Gasteiger partial charge in [0.25, 0.3) is 0 Å². The predicted molar refractivity (Wildman–Crippen MR) is 74.1 cm³/mol. The Morgan fingerprint density at radius 1 is 1.42 bits per heavy atom. The van der Waals surface area contributed by atoms with E-state index in [1.165, 1.54) is 12.1 Å². The highest BCUT2D eigenvalue weighted by Crippen LogP contribution is 2.26. The third-order valence-electron chi connectivity index (χ3n) is 4.16. The molecule has 1 heterocycles. The number of hydrogen-bond acceptors (Lipinski definition) is 2. The standard InChI is InChI=1S/C16H21FN2/c1-13-6-8-19(9-7-13)16(2,12-18)11-14-4-3-5-15(17)10-14/h3-5,10,13H,6-9,11H2,1-2H3. The average Bonchev–Trinajstić information content (AvgIpc) is 2.39. The van der Waals surface area contributed by atoms with E-state index in [4.69, 9.17) is 0 Å². The second-order valence-corrected chi connectivity index (χ2v) is 5.86. The molecule has 0 radical (unpaired) electrons. The van der Waals surface area contributed by atoms with Crippen LogP contribution in [-0.2, 0) is 6.42 Å². The second kappa shape index (κ2) is 5.71. The fraction of sp³-hybridized carbons (Fsp3) is 0.562. The summed E-state index contributed by atoms with van der Waals surface area (Å²) in [4.78, 5) is 2.25. The topological polar surface area (TPSA) is 27.0 Å². The molecule has 0 aromatic heterocycles. The normalized spacial score (nSPS) is 20.7. The van der Waals surface area contributed by atoms with Crippen LogP contribution >= 0.6 is 0 Å². The predicted octanol–water partition coefficient (Wildman–Crippen LogP) is 3.38. The molecule has 2 rings (SSSR count). The zero-order chi connectivity index (χ0) is 13.9. The van der Waals surface area contributed by atoms with Crippen LogP contribution in [0.4, 0.5) is 4.39 Å². The summed E-state index contributed by atoms with van der Waals surface area (Å²) in [7, 11) is 0. The summed E-state index contributed by atoms with van der Waals surface area (Å²) in [6.45, 7) is 6.14. The van der Waals surface area contributed by atoms with Crippen molar-refractivity contribution < 1.29 is 4.39 Å². The van der Waals surface area contributed by atoms with E-state index in [0.717, 1.165) is 37.4 Å². The molecule has 2 nitrogen and oxygen atoms in total. The van der Waals surface area contributed by atoms with Crippen molar-refractivity contribution in [3.63, 3.8) is 0 Å². The SMILES string of the molecule is CC1CCN(C(C)(C#N)Cc2cccc(F)c2)CC1. The molecule has 1 aliphatic heterocycles. The number of piperidine rings is 1. The van der Waals surface area contributed by atoms with Crippen LogP contribution in [0.2, 0.25) is 0 Å². The van der Waals surface area contributed by atoms with Gasteiger partial charge in [0.15, 0.2) is 0 Å². The summed E-state index contributed by atoms with van der Waals surface area (Å²) in [5.74, 6) is 0.512. The molecule has 102 valence electrons. The number of rotatable bonds is 3. The molecule has 1 saturated heterocycles. The minimum Gasteiger partial charge on any atom is -0.285 e. The zero-order valence-corrected chi connectivity index (χ0v) is 11.7. The number of likely N-dealkylation sites (tertiary alicyclic amines) is 1. The third-order valence-corrected chi connectivity index (χ3v) is 4.16. The molecule has 1 aromatic carbocycles. The quantitative estimate of drug-likeness (QED) is 0.833. The first-order valence-corrected chi connectivity index (χ1v) is 6.94. The monoisotopic (exact) mass is 260 g/mol. The maximum absolute atomic E-state index is 13.2. The molecular formula is C16H21FN2. The van der Waals surface area contributed by atoms with E-state index in [2.05, 4.69) is 17.9 Å². The van der Waals surface area contributed by atoms with Crippen molar-refractivity contribution in [2.24, 2.45) is 5.92 Å². The maximum atomic E-state index is 13.2. The first-order chi connectivity index (χ1) is 9.03. The Morgan fingerprint density at radius 2 is 2.11 bits per heavy atom. The van der Waals surface area contributed by atoms with Crippen LogP contribution in [0.1, 0.15) is 32.3 Å². The molecule has 0 aliphatic carbocycles. The lowest BCUT2D eigenvalue weighted by Crippen LogP contribution is -2.50. The van der Waals surface area contributed by atoms with E-state index >= 15 is 0 Å². The van der Waals surface area contributed by atoms with Crippen molar-refractivity contribution in [1.82, 2.24) is 4.90 Å². The number of hydrogen-bond donors (Lipinski definition) is 0. The van der Waals surface area contributed by atoms with Gasteiger partial charge in [-0.3, -0.25) is 4.90 Å². The molecule has 0 amide bonds. The van der Waals surface area contributed by atoms with E-state index in [0.29, 0.717) is 6.42 Å². The molecule has 0 N–H and O–H groups in total. The number of nitriles is 1. The van der Waals surface area contributed by atoms with Gasteiger partial charge in [0, 0.05) is 6.42 Å². The Morgan fingerprint density at radius 3 is 2.68 bits per heavy atom. The fourth-order valence-corrected chi connectivity index (χ4v) is 2.77. The van der Waals surface area contributed by atoms with Gasteiger partial charge in [0.2, 0.25) is 0 Å². The van der Waals surface area contributed by atoms with Crippen molar-refractivity contribution in [1.29, 1.82) is 5.26 Å². The van der Waals surface area contributed by atoms with E-state index in [-0.39, 0.29) is 5.82 Å². The van der Waals surface area contributed by atoms with Crippen LogP contribution in [0.25, 0.3) is 0 Å². The van der Waals surface area contributed by atoms with Crippen LogP contribution < -0.4 is 0 Å². The van der Waals surface area contributed by atoms with E-state index < -0.39 is 5.54 Å². The Bertz CT molecular complexity index is 472. The lowest BCUT2D eigenvalue weighted by Gasteiger charge is -2.40. The minimum absolute atomic E-state index is 0.231. The first-order valence-electron chi connectivity index (χ1n) is 6.94. The van der Waals surface area contributed by atoms with E-state index in [1.54, 1.807) is 6.07 Å². The summed E-state index contributed by atoms with van der Waals surface area (Å²) >= 11 is 0. The fourth-order valence-electron chi connectivity index (χ4n) is 2.77. The first kappa shape index (κ1) is 14.0. The molecular weight excluding hydrogens is 239 g/mol. The van der Waals surface area contributed by atoms with Gasteiger partial charge in [-0.15, -0.1) is 0 Å². The van der Waals surface area contributed by atoms with Gasteiger partial charge >= 0.3 is 0 Å². The highest BCUT2D eigenvalue weighted by molar-refractivity contribution is 5.22. The van der Waals surface area contributed by atoms with Gasteiger partial charge in [0.1, 0.15) is 11.4 Å². The molecule has 19 heavy (non-hydrogen) atoms. The minimum atomic E-state index is -0.534. The van der Waals surface area contributed by atoms with Crippen molar-refractivity contribution in [3.8, 4) is 6.07 Å². The van der Waals surface area contributed by atoms with Crippen molar-refractivity contribution in [2.45, 2.75) is 38.6 Å². The van der Waals surface area contributed by atoms with E-state index in [1.807, 2.05) is 13.0 Å². The van der Waals surface area contributed by atoms with Crippen LogP contribution in [0, 0.1) is 23.1 Å². The Hall–Kier alpha value is -1.40. The zero-order valence-electron chi connectivity index (χ0n) is 11.7. The van der Waals surface area contributed by atoms with Gasteiger partial charge in [-0.1, -0.05) is 19.1 Å². The van der Waals surface area contributed by atoms with Crippen molar-refractivity contribution in [3.05, 3.63) is 35.6 Å². The highest BCUT2D eigenvalue weighted by Gasteiger charge is 2.34. The van der Waals surface area contributed by atoms with Gasteiger partial charge in [-0.2, -0.15) is 5.26 Å². The molecule has 1 aromatic rings. The Labute approximate surface area is 114 Å². The maximum Gasteiger partial charge on any atom is 0.123 e. The van der Waals surface area contributed by atoms with Crippen LogP contribution in [0.5, 0.6) is 0 Å². The Balaban J connectivity index is 2.12. The van der Waals surface area contributed by atoms with Crippen molar-refractivity contribution in [2.75, 3.05) is 13.1 Å². The largest absolute Gasteiger partial charge is 0.285 e. The molecule has 1 unspecified atom stereocenters. The smallest absolute Gasteiger partial charge is 0.123 e. The molecule has 3 heteroatoms. The van der Waals surface area contributed by atoms with Gasteiger partial charge in [0.05, 0.1) is 6.07 Å². The van der Waals surface area contributed by atoms with Gasteiger partial charge in [-0.05, 0) is 56.5 Å². The summed E-state index contributed by atoms with van der Waals surface area (Å²) in [5, 5.41) is 9.55. The summed E-state index contributed by atoms with van der Waals surface area (Å²) in [5.41, 5.74) is 0.358. The Kier molecular flexibility index (Phi) is 4.21. The molecule has 0 bridgehead atoms. The summed E-state index contributed by atoms with van der Waals surface area (Å²) < 4.78 is 13.2. The lowest BCUT2D eigenvalue weighted by molar-refractivity contribution is 0.103. The van der Waals surface area contributed by atoms with Crippen molar-refractivity contribution >= 4 is 0 Å².